The van der Waals surface area contributed by atoms with Gasteiger partial charge < -0.3 is 10.4 Å². The van der Waals surface area contributed by atoms with E-state index in [1.807, 2.05) is 0 Å². The fourth-order valence-electron chi connectivity index (χ4n) is 2.46. The number of aliphatic hydroxyl groups is 1. The van der Waals surface area contributed by atoms with E-state index in [4.69, 9.17) is 0 Å². The summed E-state index contributed by atoms with van der Waals surface area (Å²) in [5, 5.41) is 23.1. The van der Waals surface area contributed by atoms with Gasteiger partial charge in [0.25, 0.3) is 5.69 Å². The van der Waals surface area contributed by atoms with Crippen molar-refractivity contribution in [1.29, 1.82) is 0 Å². The van der Waals surface area contributed by atoms with E-state index in [0.717, 1.165) is 4.31 Å². The molecule has 1 aromatic carbocycles. The molecule has 1 aromatic rings. The first-order chi connectivity index (χ1) is 9.91. The monoisotopic (exact) mass is 315 g/mol. The first kappa shape index (κ1) is 15.7. The molecule has 0 amide bonds. The summed E-state index contributed by atoms with van der Waals surface area (Å²) in [6, 6.07) is 3.35. The maximum atomic E-state index is 12.7. The molecule has 2 rings (SSSR count). The van der Waals surface area contributed by atoms with E-state index >= 15 is 0 Å². The molecule has 1 aliphatic rings. The van der Waals surface area contributed by atoms with Crippen LogP contribution in [0.5, 0.6) is 0 Å². The molecule has 1 unspecified atom stereocenters. The van der Waals surface area contributed by atoms with Gasteiger partial charge >= 0.3 is 0 Å². The van der Waals surface area contributed by atoms with Gasteiger partial charge in [-0.1, -0.05) is 0 Å². The van der Waals surface area contributed by atoms with Gasteiger partial charge in [-0.05, 0) is 25.0 Å². The first-order valence-electron chi connectivity index (χ1n) is 6.50. The van der Waals surface area contributed by atoms with Crippen LogP contribution in [0, 0.1) is 10.1 Å². The molecule has 1 saturated heterocycles. The summed E-state index contributed by atoms with van der Waals surface area (Å²) in [5.41, 5.74) is 0.0107. The number of nitro benzene ring substituents is 1. The Kier molecular flexibility index (Phi) is 4.45. The highest BCUT2D eigenvalue weighted by molar-refractivity contribution is 7.89. The second kappa shape index (κ2) is 5.96. The Morgan fingerprint density at radius 3 is 2.81 bits per heavy atom. The van der Waals surface area contributed by atoms with Gasteiger partial charge in [-0.3, -0.25) is 10.1 Å². The van der Waals surface area contributed by atoms with E-state index < -0.39 is 26.7 Å². The summed E-state index contributed by atoms with van der Waals surface area (Å²) in [5.74, 6) is 0. The van der Waals surface area contributed by atoms with Crippen molar-refractivity contribution >= 4 is 21.4 Å². The Morgan fingerprint density at radius 2 is 2.24 bits per heavy atom. The lowest BCUT2D eigenvalue weighted by molar-refractivity contribution is -0.387. The van der Waals surface area contributed by atoms with E-state index in [9.17, 15) is 23.6 Å². The molecule has 0 aromatic heterocycles. The molecule has 116 valence electrons. The number of hydrogen-bond donors (Lipinski definition) is 2. The molecule has 0 aliphatic carbocycles. The second-order valence-corrected chi connectivity index (χ2v) is 6.64. The quantitative estimate of drug-likeness (QED) is 0.613. The summed E-state index contributed by atoms with van der Waals surface area (Å²) >= 11 is 0. The summed E-state index contributed by atoms with van der Waals surface area (Å²) in [7, 11) is -2.42. The molecule has 1 atom stereocenters. The van der Waals surface area contributed by atoms with E-state index in [1.54, 1.807) is 7.05 Å². The average molecular weight is 315 g/mol. The summed E-state index contributed by atoms with van der Waals surface area (Å²) in [6.45, 7) is -0.0345. The minimum Gasteiger partial charge on any atom is -0.395 e. The number of aliphatic hydroxyl groups excluding tert-OH is 1. The van der Waals surface area contributed by atoms with Crippen LogP contribution in [0.15, 0.2) is 23.1 Å². The molecule has 1 heterocycles. The van der Waals surface area contributed by atoms with Crippen LogP contribution >= 0.6 is 0 Å². The number of benzene rings is 1. The Hall–Kier alpha value is -1.71. The number of hydrogen-bond acceptors (Lipinski definition) is 6. The molecule has 0 saturated carbocycles. The third kappa shape index (κ3) is 2.85. The largest absolute Gasteiger partial charge is 0.395 e. The van der Waals surface area contributed by atoms with E-state index in [2.05, 4.69) is 5.32 Å². The summed E-state index contributed by atoms with van der Waals surface area (Å²) in [4.78, 5) is 10.0. The molecule has 2 N–H and O–H groups in total. The summed E-state index contributed by atoms with van der Waals surface area (Å²) in [6.07, 6.45) is 1.18. The van der Waals surface area contributed by atoms with Crippen LogP contribution in [-0.4, -0.2) is 49.0 Å². The number of rotatable bonds is 5. The fourth-order valence-corrected chi connectivity index (χ4v) is 4.33. The third-order valence-corrected chi connectivity index (χ3v) is 5.55. The molecule has 1 fully saturated rings. The molecule has 0 bridgehead atoms. The van der Waals surface area contributed by atoms with Crippen LogP contribution in [0.2, 0.25) is 0 Å². The van der Waals surface area contributed by atoms with Crippen molar-refractivity contribution in [2.45, 2.75) is 23.8 Å². The van der Waals surface area contributed by atoms with Crippen LogP contribution in [0.25, 0.3) is 0 Å². The van der Waals surface area contributed by atoms with Crippen LogP contribution in [-0.2, 0) is 10.0 Å². The standard InChI is InChI=1S/C12H17N3O5S/c1-13-9-4-5-11(15(17)18)12(7-9)21(19,20)14-6-2-3-10(14)8-16/h4-5,7,10,13,16H,2-3,6,8H2,1H3. The SMILES string of the molecule is CNc1ccc([N+](=O)[O-])c(S(=O)(=O)N2CCCC2CO)c1. The number of nitro groups is 1. The zero-order valence-electron chi connectivity index (χ0n) is 11.5. The predicted octanol–water partition coefficient (Wildman–Crippen LogP) is 0.782. The number of sulfonamides is 1. The Morgan fingerprint density at radius 1 is 1.52 bits per heavy atom. The second-order valence-electron chi connectivity index (χ2n) is 4.78. The lowest BCUT2D eigenvalue weighted by Crippen LogP contribution is -2.37. The molecule has 0 spiro atoms. The molecule has 0 radical (unpaired) electrons. The number of nitrogens with one attached hydrogen (secondary N) is 1. The van der Waals surface area contributed by atoms with Crippen molar-refractivity contribution in [2.24, 2.45) is 0 Å². The van der Waals surface area contributed by atoms with Crippen LogP contribution in [0.1, 0.15) is 12.8 Å². The minimum absolute atomic E-state index is 0.258. The van der Waals surface area contributed by atoms with Crippen molar-refractivity contribution < 1.29 is 18.4 Å². The minimum atomic E-state index is -4.02. The van der Waals surface area contributed by atoms with Gasteiger partial charge in [-0.25, -0.2) is 8.42 Å². The van der Waals surface area contributed by atoms with Gasteiger partial charge in [0.1, 0.15) is 0 Å². The molecule has 9 heteroatoms. The highest BCUT2D eigenvalue weighted by Gasteiger charge is 2.38. The van der Waals surface area contributed by atoms with E-state index in [1.165, 1.54) is 18.2 Å². The van der Waals surface area contributed by atoms with Gasteiger partial charge in [0, 0.05) is 31.4 Å². The van der Waals surface area contributed by atoms with Gasteiger partial charge in [0.05, 0.1) is 11.5 Å². The Bertz CT molecular complexity index is 646. The zero-order chi connectivity index (χ0) is 15.6. The fraction of sp³-hybridized carbons (Fsp3) is 0.500. The highest BCUT2D eigenvalue weighted by Crippen LogP contribution is 2.33. The van der Waals surface area contributed by atoms with Crippen molar-refractivity contribution in [2.75, 3.05) is 25.5 Å². The Balaban J connectivity index is 2.55. The van der Waals surface area contributed by atoms with Crippen molar-refractivity contribution in [3.05, 3.63) is 28.3 Å². The smallest absolute Gasteiger partial charge is 0.289 e. The van der Waals surface area contributed by atoms with E-state index in [0.29, 0.717) is 18.5 Å². The van der Waals surface area contributed by atoms with Gasteiger partial charge in [-0.2, -0.15) is 4.31 Å². The molecule has 8 nitrogen and oxygen atoms in total. The van der Waals surface area contributed by atoms with Gasteiger partial charge in [-0.15, -0.1) is 0 Å². The van der Waals surface area contributed by atoms with Crippen molar-refractivity contribution in [1.82, 2.24) is 4.31 Å². The molecular formula is C12H17N3O5S. The van der Waals surface area contributed by atoms with Gasteiger partial charge in [0.15, 0.2) is 4.90 Å². The Labute approximate surface area is 122 Å². The van der Waals surface area contributed by atoms with Crippen LogP contribution in [0.4, 0.5) is 11.4 Å². The number of nitrogens with zero attached hydrogens (tertiary/aromatic N) is 2. The summed E-state index contributed by atoms with van der Waals surface area (Å²) < 4.78 is 26.5. The van der Waals surface area contributed by atoms with Crippen LogP contribution < -0.4 is 5.32 Å². The normalized spacial score (nSPS) is 19.6. The lowest BCUT2D eigenvalue weighted by atomic mass is 10.2. The van der Waals surface area contributed by atoms with Gasteiger partial charge in [0.2, 0.25) is 10.0 Å². The van der Waals surface area contributed by atoms with E-state index in [-0.39, 0.29) is 18.0 Å². The molecule has 21 heavy (non-hydrogen) atoms. The maximum Gasteiger partial charge on any atom is 0.289 e. The third-order valence-electron chi connectivity index (χ3n) is 3.57. The van der Waals surface area contributed by atoms with Crippen molar-refractivity contribution in [3.63, 3.8) is 0 Å². The zero-order valence-corrected chi connectivity index (χ0v) is 12.3. The molecule has 1 aliphatic heterocycles. The topological polar surface area (TPSA) is 113 Å². The average Bonchev–Trinajstić information content (AvgIpc) is 2.95. The maximum absolute atomic E-state index is 12.7. The first-order valence-corrected chi connectivity index (χ1v) is 7.94. The lowest BCUT2D eigenvalue weighted by Gasteiger charge is -2.22. The van der Waals surface area contributed by atoms with Crippen molar-refractivity contribution in [3.8, 4) is 0 Å². The number of anilines is 1. The predicted molar refractivity (Wildman–Crippen MR) is 76.6 cm³/mol. The highest BCUT2D eigenvalue weighted by atomic mass is 32.2. The molecular weight excluding hydrogens is 298 g/mol. The van der Waals surface area contributed by atoms with Crippen LogP contribution in [0.3, 0.4) is 0 Å².